The van der Waals surface area contributed by atoms with E-state index in [1.54, 1.807) is 6.08 Å². The molecule has 4 unspecified atom stereocenters. The second kappa shape index (κ2) is 6.29. The van der Waals surface area contributed by atoms with Crippen molar-refractivity contribution in [1.29, 1.82) is 5.26 Å². The number of carbonyl (C=O) groups is 1. The average Bonchev–Trinajstić information content (AvgIpc) is 2.81. The smallest absolute Gasteiger partial charge is 0.142 e. The Bertz CT molecular complexity index is 389. The monoisotopic (exact) mass is 265 g/mol. The third-order valence-corrected chi connectivity index (χ3v) is 3.87. The Morgan fingerprint density at radius 1 is 1.47 bits per heavy atom. The molecule has 0 aliphatic carbocycles. The van der Waals surface area contributed by atoms with Crippen LogP contribution < -0.4 is 0 Å². The fourth-order valence-electron chi connectivity index (χ4n) is 2.95. The van der Waals surface area contributed by atoms with Crippen LogP contribution in [0.5, 0.6) is 0 Å². The van der Waals surface area contributed by atoms with Crippen molar-refractivity contribution in [2.45, 2.75) is 56.0 Å². The molecule has 2 aliphatic rings. The molecule has 5 nitrogen and oxygen atoms in total. The second-order valence-electron chi connectivity index (χ2n) is 5.13. The highest BCUT2D eigenvalue weighted by molar-refractivity contribution is 5.64. The van der Waals surface area contributed by atoms with Crippen LogP contribution in [0.3, 0.4) is 0 Å². The molecule has 0 bridgehead atoms. The molecule has 1 N–H and O–H groups in total. The zero-order chi connectivity index (χ0) is 13.7. The van der Waals surface area contributed by atoms with Gasteiger partial charge >= 0.3 is 0 Å². The number of fused-ring (bicyclic) bond motifs is 1. The Morgan fingerprint density at radius 3 is 3.00 bits per heavy atom. The molecule has 0 radical (unpaired) electrons. The second-order valence-corrected chi connectivity index (χ2v) is 5.13. The lowest BCUT2D eigenvalue weighted by Crippen LogP contribution is -2.51. The molecular formula is C14H19NO4. The Kier molecular flexibility index (Phi) is 4.70. The third-order valence-electron chi connectivity index (χ3n) is 3.87. The Hall–Kier alpha value is -1.22. The van der Waals surface area contributed by atoms with Crippen molar-refractivity contribution in [3.63, 3.8) is 0 Å². The average molecular weight is 265 g/mol. The number of hydrogen-bond donors (Lipinski definition) is 1. The highest BCUT2D eigenvalue weighted by Gasteiger charge is 2.52. The molecule has 0 amide bonds. The summed E-state index contributed by atoms with van der Waals surface area (Å²) in [5.41, 5.74) is -0.670. The van der Waals surface area contributed by atoms with E-state index in [1.165, 1.54) is 6.08 Å². The normalized spacial score (nSPS) is 38.0. The quantitative estimate of drug-likeness (QED) is 0.595. The first-order valence-electron chi connectivity index (χ1n) is 6.67. The highest BCUT2D eigenvalue weighted by Crippen LogP contribution is 2.42. The summed E-state index contributed by atoms with van der Waals surface area (Å²) in [5, 5.41) is 18.3. The maximum Gasteiger partial charge on any atom is 0.142 e. The molecule has 4 atom stereocenters. The number of nitrogens with zero attached hydrogens (tertiary/aromatic N) is 1. The molecule has 2 rings (SSSR count). The Morgan fingerprint density at radius 2 is 2.32 bits per heavy atom. The number of aliphatic hydroxyl groups excluding tert-OH is 1. The van der Waals surface area contributed by atoms with E-state index in [1.807, 2.05) is 0 Å². The van der Waals surface area contributed by atoms with E-state index < -0.39 is 5.60 Å². The van der Waals surface area contributed by atoms with Gasteiger partial charge in [0.25, 0.3) is 0 Å². The third kappa shape index (κ3) is 3.03. The molecule has 0 saturated carbocycles. The van der Waals surface area contributed by atoms with Crippen molar-refractivity contribution in [3.05, 3.63) is 12.2 Å². The lowest BCUT2D eigenvalue weighted by atomic mass is 9.86. The van der Waals surface area contributed by atoms with Gasteiger partial charge in [-0.15, -0.1) is 0 Å². The Balaban J connectivity index is 2.02. The van der Waals surface area contributed by atoms with Crippen molar-refractivity contribution in [1.82, 2.24) is 0 Å². The lowest BCUT2D eigenvalue weighted by Gasteiger charge is -2.40. The first-order chi connectivity index (χ1) is 9.24. The van der Waals surface area contributed by atoms with Gasteiger partial charge < -0.3 is 14.6 Å². The number of rotatable bonds is 5. The zero-order valence-electron chi connectivity index (χ0n) is 10.8. The fraction of sp³-hybridized carbons (Fsp3) is 0.714. The van der Waals surface area contributed by atoms with Crippen LogP contribution in [0.2, 0.25) is 0 Å². The van der Waals surface area contributed by atoms with Crippen LogP contribution in [-0.2, 0) is 14.3 Å². The van der Waals surface area contributed by atoms with Gasteiger partial charge in [0, 0.05) is 12.8 Å². The van der Waals surface area contributed by atoms with Crippen LogP contribution in [0.25, 0.3) is 0 Å². The van der Waals surface area contributed by atoms with E-state index >= 15 is 0 Å². The van der Waals surface area contributed by atoms with Gasteiger partial charge in [-0.25, -0.2) is 0 Å². The molecule has 0 spiro atoms. The minimum absolute atomic E-state index is 0.0143. The predicted octanol–water partition coefficient (Wildman–Crippen LogP) is 1.11. The Labute approximate surface area is 112 Å². The van der Waals surface area contributed by atoms with E-state index in [0.29, 0.717) is 25.5 Å². The molecule has 2 saturated heterocycles. The number of allylic oxidation sites excluding steroid dienone is 1. The molecular weight excluding hydrogens is 246 g/mol. The van der Waals surface area contributed by atoms with E-state index in [9.17, 15) is 9.90 Å². The highest BCUT2D eigenvalue weighted by atomic mass is 16.6. The summed E-state index contributed by atoms with van der Waals surface area (Å²) < 4.78 is 11.8. The van der Waals surface area contributed by atoms with Gasteiger partial charge in [0.1, 0.15) is 11.9 Å². The molecule has 5 heteroatoms. The summed E-state index contributed by atoms with van der Waals surface area (Å²) in [6, 6.07) is 2.12. The first kappa shape index (κ1) is 14.2. The first-order valence-corrected chi connectivity index (χ1v) is 6.67. The van der Waals surface area contributed by atoms with Crippen molar-refractivity contribution >= 4 is 6.29 Å². The van der Waals surface area contributed by atoms with Gasteiger partial charge in [0.05, 0.1) is 31.0 Å². The van der Waals surface area contributed by atoms with Crippen molar-refractivity contribution in [3.8, 4) is 6.07 Å². The fourth-order valence-corrected chi connectivity index (χ4v) is 2.95. The molecule has 104 valence electrons. The van der Waals surface area contributed by atoms with Gasteiger partial charge in [-0.05, 0) is 25.3 Å². The molecule has 0 aromatic rings. The predicted molar refractivity (Wildman–Crippen MR) is 67.3 cm³/mol. The van der Waals surface area contributed by atoms with Crippen LogP contribution in [-0.4, -0.2) is 41.9 Å². The number of carbonyl (C=O) groups excluding carboxylic acids is 1. The van der Waals surface area contributed by atoms with E-state index in [-0.39, 0.29) is 24.9 Å². The van der Waals surface area contributed by atoms with Crippen molar-refractivity contribution < 1.29 is 19.4 Å². The van der Waals surface area contributed by atoms with Crippen LogP contribution in [0, 0.1) is 11.3 Å². The van der Waals surface area contributed by atoms with Crippen LogP contribution in [0.15, 0.2) is 12.2 Å². The minimum atomic E-state index is -0.670. The topological polar surface area (TPSA) is 79.5 Å². The summed E-state index contributed by atoms with van der Waals surface area (Å²) in [6.45, 7) is -0.0911. The molecule has 2 aliphatic heterocycles. The van der Waals surface area contributed by atoms with Crippen LogP contribution >= 0.6 is 0 Å². The number of ether oxygens (including phenoxy) is 2. The molecule has 2 fully saturated rings. The number of hydrogen-bond acceptors (Lipinski definition) is 5. The SMILES string of the molecule is N#CCCC1CCC2OC(/C=C/C=O)CC2(CO)O1. The number of aldehydes is 1. The van der Waals surface area contributed by atoms with E-state index in [0.717, 1.165) is 12.8 Å². The van der Waals surface area contributed by atoms with Gasteiger partial charge in [0.2, 0.25) is 0 Å². The minimum Gasteiger partial charge on any atom is -0.393 e. The maximum atomic E-state index is 10.3. The van der Waals surface area contributed by atoms with E-state index in [2.05, 4.69) is 6.07 Å². The van der Waals surface area contributed by atoms with Gasteiger partial charge in [-0.1, -0.05) is 6.08 Å². The van der Waals surface area contributed by atoms with Gasteiger partial charge in [-0.3, -0.25) is 4.79 Å². The molecule has 0 aromatic carbocycles. The van der Waals surface area contributed by atoms with Gasteiger partial charge in [-0.2, -0.15) is 5.26 Å². The largest absolute Gasteiger partial charge is 0.393 e. The summed E-state index contributed by atoms with van der Waals surface area (Å²) in [4.78, 5) is 10.3. The summed E-state index contributed by atoms with van der Waals surface area (Å²) in [6.07, 6.45) is 6.92. The van der Waals surface area contributed by atoms with Gasteiger partial charge in [0.15, 0.2) is 0 Å². The molecule has 2 heterocycles. The lowest BCUT2D eigenvalue weighted by molar-refractivity contribution is -0.182. The van der Waals surface area contributed by atoms with Crippen LogP contribution in [0.1, 0.15) is 32.1 Å². The van der Waals surface area contributed by atoms with Crippen LogP contribution in [0.4, 0.5) is 0 Å². The molecule has 19 heavy (non-hydrogen) atoms. The summed E-state index contributed by atoms with van der Waals surface area (Å²) in [7, 11) is 0. The van der Waals surface area contributed by atoms with Crippen molar-refractivity contribution in [2.75, 3.05) is 6.61 Å². The zero-order valence-corrected chi connectivity index (χ0v) is 10.8. The summed E-state index contributed by atoms with van der Waals surface area (Å²) in [5.74, 6) is 0. The standard InChI is InChI=1S/C14H19NO4/c15-7-1-3-11-5-6-13-14(10-17,19-11)9-12(18-13)4-2-8-16/h2,4,8,11-13,17H,1,3,5-6,9-10H2/b4-2+. The molecule has 0 aromatic heterocycles. The number of nitriles is 1. The maximum absolute atomic E-state index is 10.3. The number of aliphatic hydroxyl groups is 1. The van der Waals surface area contributed by atoms with Crippen molar-refractivity contribution in [2.24, 2.45) is 0 Å². The van der Waals surface area contributed by atoms with E-state index in [4.69, 9.17) is 14.7 Å². The summed E-state index contributed by atoms with van der Waals surface area (Å²) >= 11 is 0.